The molecule has 0 aliphatic rings. The van der Waals surface area contributed by atoms with E-state index in [1.807, 2.05) is 42.5 Å². The van der Waals surface area contributed by atoms with Crippen LogP contribution in [0.3, 0.4) is 0 Å². The van der Waals surface area contributed by atoms with Gasteiger partial charge in [0, 0.05) is 13.0 Å². The van der Waals surface area contributed by atoms with Gasteiger partial charge in [-0.25, -0.2) is 4.68 Å². The fourth-order valence-corrected chi connectivity index (χ4v) is 3.59. The molecule has 0 fully saturated rings. The molecule has 34 heavy (non-hydrogen) atoms. The highest BCUT2D eigenvalue weighted by Gasteiger charge is 2.16. The van der Waals surface area contributed by atoms with Crippen LogP contribution < -0.4 is 15.8 Å². The summed E-state index contributed by atoms with van der Waals surface area (Å²) in [4.78, 5) is 12.1. The number of nitriles is 1. The number of nitrogens with two attached hydrogens (primary N) is 1. The van der Waals surface area contributed by atoms with Crippen molar-refractivity contribution in [2.75, 3.05) is 18.9 Å². The monoisotopic (exact) mass is 459 g/mol. The molecule has 178 valence electrons. The second kappa shape index (κ2) is 11.4. The predicted octanol–water partition coefficient (Wildman–Crippen LogP) is 4.53. The van der Waals surface area contributed by atoms with Gasteiger partial charge in [-0.2, -0.15) is 10.4 Å². The molecule has 7 nitrogen and oxygen atoms in total. The molecule has 0 radical (unpaired) electrons. The molecule has 3 rings (SSSR count). The molecule has 1 amide bonds. The van der Waals surface area contributed by atoms with E-state index in [0.717, 1.165) is 11.4 Å². The predicted molar refractivity (Wildman–Crippen MR) is 134 cm³/mol. The smallest absolute Gasteiger partial charge is 0.220 e. The molecule has 0 unspecified atom stereocenters. The van der Waals surface area contributed by atoms with Crippen molar-refractivity contribution in [2.45, 2.75) is 51.9 Å². The lowest BCUT2D eigenvalue weighted by Crippen LogP contribution is -2.25. The number of nitrogens with one attached hydrogen (secondary N) is 1. The Morgan fingerprint density at radius 2 is 1.82 bits per heavy atom. The van der Waals surface area contributed by atoms with Crippen LogP contribution in [0.5, 0.6) is 5.75 Å². The summed E-state index contributed by atoms with van der Waals surface area (Å²) in [6.07, 6.45) is 2.27. The van der Waals surface area contributed by atoms with E-state index < -0.39 is 0 Å². The summed E-state index contributed by atoms with van der Waals surface area (Å²) >= 11 is 0. The third-order valence-electron chi connectivity index (χ3n) is 5.56. The molecule has 0 aliphatic heterocycles. The fourth-order valence-electron chi connectivity index (χ4n) is 3.59. The number of aryl methyl sites for hydroxylation is 1. The number of hydrogen-bond donors (Lipinski definition) is 2. The lowest BCUT2D eigenvalue weighted by atomic mass is 9.87. The summed E-state index contributed by atoms with van der Waals surface area (Å²) in [5.74, 6) is 1.14. The molecule has 1 aromatic heterocycles. The van der Waals surface area contributed by atoms with Crippen LogP contribution in [0.4, 0.5) is 5.82 Å². The largest absolute Gasteiger partial charge is 0.494 e. The van der Waals surface area contributed by atoms with Crippen molar-refractivity contribution in [3.8, 4) is 17.5 Å². The molecule has 3 aromatic rings. The molecular weight excluding hydrogens is 426 g/mol. The van der Waals surface area contributed by atoms with Gasteiger partial charge in [-0.05, 0) is 54.5 Å². The Hall–Kier alpha value is -3.79. The van der Waals surface area contributed by atoms with E-state index >= 15 is 0 Å². The molecule has 2 aromatic carbocycles. The number of hydrogen-bond acceptors (Lipinski definition) is 5. The third-order valence-corrected chi connectivity index (χ3v) is 5.56. The van der Waals surface area contributed by atoms with Crippen LogP contribution in [0, 0.1) is 11.3 Å². The molecular formula is C27H33N5O2. The first-order valence-corrected chi connectivity index (χ1v) is 11.6. The zero-order valence-electron chi connectivity index (χ0n) is 20.2. The quantitative estimate of drug-likeness (QED) is 0.433. The standard InChI is InChI=1S/C27H33N5O2/c1-27(2,3)20-13-15-22(16-14-20)34-18-8-12-25(33)30-17-7-11-24-23(19-28)26(29)32(31-24)21-9-5-4-6-10-21/h4-6,9-10,13-16H,7-8,11-12,17-18,29H2,1-3H3,(H,30,33). The minimum atomic E-state index is -0.0125. The number of para-hydroxylation sites is 1. The number of anilines is 1. The lowest BCUT2D eigenvalue weighted by molar-refractivity contribution is -0.121. The highest BCUT2D eigenvalue weighted by molar-refractivity contribution is 5.75. The second-order valence-electron chi connectivity index (χ2n) is 9.25. The first-order chi connectivity index (χ1) is 16.3. The van der Waals surface area contributed by atoms with E-state index in [4.69, 9.17) is 10.5 Å². The van der Waals surface area contributed by atoms with Gasteiger partial charge in [0.15, 0.2) is 0 Å². The minimum Gasteiger partial charge on any atom is -0.494 e. The van der Waals surface area contributed by atoms with Gasteiger partial charge in [-0.3, -0.25) is 4.79 Å². The van der Waals surface area contributed by atoms with Crippen LogP contribution in [-0.2, 0) is 16.6 Å². The van der Waals surface area contributed by atoms with Crippen molar-refractivity contribution in [2.24, 2.45) is 0 Å². The molecule has 1 heterocycles. The van der Waals surface area contributed by atoms with Crippen LogP contribution >= 0.6 is 0 Å². The Kier molecular flexibility index (Phi) is 8.31. The maximum atomic E-state index is 12.1. The van der Waals surface area contributed by atoms with E-state index in [-0.39, 0.29) is 11.3 Å². The Labute approximate surface area is 201 Å². The topological polar surface area (TPSA) is 106 Å². The number of ether oxygens (including phenoxy) is 1. The highest BCUT2D eigenvalue weighted by Crippen LogP contribution is 2.24. The Balaban J connectivity index is 1.38. The number of carbonyl (C=O) groups excluding carboxylic acids is 1. The van der Waals surface area contributed by atoms with Crippen molar-refractivity contribution in [3.05, 3.63) is 71.4 Å². The van der Waals surface area contributed by atoms with Gasteiger partial charge >= 0.3 is 0 Å². The van der Waals surface area contributed by atoms with Crippen molar-refractivity contribution >= 4 is 11.7 Å². The summed E-state index contributed by atoms with van der Waals surface area (Å²) in [7, 11) is 0. The molecule has 3 N–H and O–H groups in total. The van der Waals surface area contributed by atoms with Gasteiger partial charge in [0.2, 0.25) is 5.91 Å². The van der Waals surface area contributed by atoms with Crippen LogP contribution in [0.2, 0.25) is 0 Å². The van der Waals surface area contributed by atoms with Crippen molar-refractivity contribution in [1.29, 1.82) is 5.26 Å². The summed E-state index contributed by atoms with van der Waals surface area (Å²) in [5.41, 5.74) is 9.35. The third kappa shape index (κ3) is 6.61. The second-order valence-corrected chi connectivity index (χ2v) is 9.25. The molecule has 7 heteroatoms. The Morgan fingerprint density at radius 1 is 1.12 bits per heavy atom. The number of aromatic nitrogens is 2. The zero-order valence-corrected chi connectivity index (χ0v) is 20.2. The fraction of sp³-hybridized carbons (Fsp3) is 0.370. The van der Waals surface area contributed by atoms with E-state index in [0.29, 0.717) is 55.9 Å². The molecule has 0 spiro atoms. The zero-order chi connectivity index (χ0) is 24.6. The lowest BCUT2D eigenvalue weighted by Gasteiger charge is -2.19. The van der Waals surface area contributed by atoms with Gasteiger partial charge in [0.25, 0.3) is 0 Å². The van der Waals surface area contributed by atoms with E-state index in [1.54, 1.807) is 4.68 Å². The minimum absolute atomic E-state index is 0.0125. The average Bonchev–Trinajstić information content (AvgIpc) is 3.15. The number of amides is 1. The molecule has 0 saturated carbocycles. The number of carbonyl (C=O) groups is 1. The van der Waals surface area contributed by atoms with Crippen molar-refractivity contribution < 1.29 is 9.53 Å². The first-order valence-electron chi connectivity index (χ1n) is 11.6. The van der Waals surface area contributed by atoms with Gasteiger partial charge < -0.3 is 15.8 Å². The van der Waals surface area contributed by atoms with E-state index in [1.165, 1.54) is 5.56 Å². The van der Waals surface area contributed by atoms with Gasteiger partial charge in [-0.1, -0.05) is 51.1 Å². The average molecular weight is 460 g/mol. The van der Waals surface area contributed by atoms with Crippen molar-refractivity contribution in [1.82, 2.24) is 15.1 Å². The highest BCUT2D eigenvalue weighted by atomic mass is 16.5. The van der Waals surface area contributed by atoms with Crippen LogP contribution in [0.1, 0.15) is 56.9 Å². The number of rotatable bonds is 10. The molecule has 0 bridgehead atoms. The first kappa shape index (κ1) is 24.8. The van der Waals surface area contributed by atoms with Crippen LogP contribution in [0.25, 0.3) is 5.69 Å². The van der Waals surface area contributed by atoms with E-state index in [9.17, 15) is 10.1 Å². The molecule has 0 aliphatic carbocycles. The Bertz CT molecular complexity index is 1120. The summed E-state index contributed by atoms with van der Waals surface area (Å²) in [6.45, 7) is 7.53. The maximum Gasteiger partial charge on any atom is 0.220 e. The van der Waals surface area contributed by atoms with Crippen molar-refractivity contribution in [3.63, 3.8) is 0 Å². The number of benzene rings is 2. The Morgan fingerprint density at radius 3 is 2.47 bits per heavy atom. The number of nitrogen functional groups attached to an aromatic ring is 1. The van der Waals surface area contributed by atoms with Crippen LogP contribution in [-0.4, -0.2) is 28.8 Å². The molecule has 0 saturated heterocycles. The van der Waals surface area contributed by atoms with E-state index in [2.05, 4.69) is 49.4 Å². The number of nitrogens with zero attached hydrogens (tertiary/aromatic N) is 3. The van der Waals surface area contributed by atoms with Gasteiger partial charge in [0.05, 0.1) is 18.0 Å². The van der Waals surface area contributed by atoms with Gasteiger partial charge in [-0.15, -0.1) is 0 Å². The maximum absolute atomic E-state index is 12.1. The summed E-state index contributed by atoms with van der Waals surface area (Å²) in [5, 5.41) is 16.9. The molecule has 0 atom stereocenters. The summed E-state index contributed by atoms with van der Waals surface area (Å²) < 4.78 is 7.34. The summed E-state index contributed by atoms with van der Waals surface area (Å²) in [6, 6.07) is 19.7. The normalized spacial score (nSPS) is 11.1. The van der Waals surface area contributed by atoms with Gasteiger partial charge in [0.1, 0.15) is 23.2 Å². The van der Waals surface area contributed by atoms with Crippen LogP contribution in [0.15, 0.2) is 54.6 Å². The SMILES string of the molecule is CC(C)(C)c1ccc(OCCCC(=O)NCCCc2nn(-c3ccccc3)c(N)c2C#N)cc1.